The summed E-state index contributed by atoms with van der Waals surface area (Å²) in [5, 5.41) is 0.171. The normalized spacial score (nSPS) is 12.5. The van der Waals surface area contributed by atoms with Crippen molar-refractivity contribution in [3.8, 4) is 0 Å². The number of hydrogen-bond acceptors (Lipinski definition) is 1. The largest absolute Gasteiger partial charge is 0.343 e. The second kappa shape index (κ2) is 9.02. The van der Waals surface area contributed by atoms with Gasteiger partial charge in [0.25, 0.3) is 0 Å². The lowest BCUT2D eigenvalue weighted by molar-refractivity contribution is -0.130. The highest BCUT2D eigenvalue weighted by Gasteiger charge is 2.12. The Hall–Kier alpha value is -0.240. The molecule has 0 saturated carbocycles. The average molecular weight is 234 g/mol. The molecule has 0 aromatic rings. The van der Waals surface area contributed by atoms with Gasteiger partial charge in [0.2, 0.25) is 5.91 Å². The Kier molecular flexibility index (Phi) is 8.88. The molecule has 0 aliphatic rings. The van der Waals surface area contributed by atoms with Crippen LogP contribution < -0.4 is 0 Å². The molecule has 0 spiro atoms. The number of unbranched alkanes of at least 4 members (excludes halogenated alkanes) is 1. The summed E-state index contributed by atoms with van der Waals surface area (Å²) in [5.41, 5.74) is 0. The van der Waals surface area contributed by atoms with Gasteiger partial charge in [0.15, 0.2) is 0 Å². The predicted molar refractivity (Wildman–Crippen MR) is 66.3 cm³/mol. The zero-order valence-electron chi connectivity index (χ0n) is 10.3. The van der Waals surface area contributed by atoms with E-state index < -0.39 is 0 Å². The minimum atomic E-state index is 0.171. The Bertz CT molecular complexity index is 169. The molecule has 0 aromatic carbocycles. The molecule has 0 aromatic heterocycles. The van der Waals surface area contributed by atoms with Gasteiger partial charge in [-0.3, -0.25) is 4.79 Å². The minimum Gasteiger partial charge on any atom is -0.343 e. The van der Waals surface area contributed by atoms with Gasteiger partial charge in [0, 0.05) is 24.9 Å². The fourth-order valence-corrected chi connectivity index (χ4v) is 1.85. The molecule has 1 amide bonds. The van der Waals surface area contributed by atoms with Crippen LogP contribution in [0.4, 0.5) is 0 Å². The van der Waals surface area contributed by atoms with Crippen LogP contribution in [-0.4, -0.2) is 29.3 Å². The van der Waals surface area contributed by atoms with Crippen molar-refractivity contribution in [1.29, 1.82) is 0 Å². The lowest BCUT2D eigenvalue weighted by atomic mass is 10.1. The number of amides is 1. The summed E-state index contributed by atoms with van der Waals surface area (Å²) >= 11 is 6.12. The maximum atomic E-state index is 11.7. The molecular formula is C12H24ClNO. The van der Waals surface area contributed by atoms with Gasteiger partial charge in [-0.25, -0.2) is 0 Å². The molecule has 1 atom stereocenters. The lowest BCUT2D eigenvalue weighted by Crippen LogP contribution is -2.30. The highest BCUT2D eigenvalue weighted by Crippen LogP contribution is 2.14. The average Bonchev–Trinajstić information content (AvgIpc) is 2.25. The van der Waals surface area contributed by atoms with Gasteiger partial charge in [-0.2, -0.15) is 0 Å². The van der Waals surface area contributed by atoms with Gasteiger partial charge in [-0.05, 0) is 26.7 Å². The van der Waals surface area contributed by atoms with E-state index in [0.29, 0.717) is 6.42 Å². The van der Waals surface area contributed by atoms with Crippen molar-refractivity contribution in [2.45, 2.75) is 58.3 Å². The Labute approximate surface area is 99.0 Å². The Morgan fingerprint density at radius 3 is 2.27 bits per heavy atom. The first kappa shape index (κ1) is 14.8. The Morgan fingerprint density at radius 2 is 1.80 bits per heavy atom. The van der Waals surface area contributed by atoms with Crippen LogP contribution in [0.1, 0.15) is 52.9 Å². The van der Waals surface area contributed by atoms with Crippen molar-refractivity contribution < 1.29 is 4.79 Å². The number of carbonyl (C=O) groups excluding carboxylic acids is 1. The first-order chi connectivity index (χ1) is 7.15. The van der Waals surface area contributed by atoms with Crippen LogP contribution in [0.2, 0.25) is 0 Å². The van der Waals surface area contributed by atoms with Crippen molar-refractivity contribution in [3.63, 3.8) is 0 Å². The minimum absolute atomic E-state index is 0.171. The van der Waals surface area contributed by atoms with E-state index in [1.807, 2.05) is 18.7 Å². The predicted octanol–water partition coefficient (Wildman–Crippen LogP) is 3.43. The van der Waals surface area contributed by atoms with Crippen LogP contribution in [0, 0.1) is 0 Å². The van der Waals surface area contributed by atoms with Crippen molar-refractivity contribution in [2.75, 3.05) is 13.1 Å². The number of hydrogen-bond donors (Lipinski definition) is 0. The monoisotopic (exact) mass is 233 g/mol. The highest BCUT2D eigenvalue weighted by atomic mass is 35.5. The fraction of sp³-hybridized carbons (Fsp3) is 0.917. The van der Waals surface area contributed by atoms with Gasteiger partial charge in [-0.1, -0.05) is 19.8 Å². The third-order valence-electron chi connectivity index (χ3n) is 2.66. The standard InChI is InChI=1S/C12H24ClNO/c1-4-7-8-11(13)9-10-12(15)14(5-2)6-3/h11H,4-10H2,1-3H3. The van der Waals surface area contributed by atoms with Gasteiger partial charge in [0.1, 0.15) is 0 Å². The SMILES string of the molecule is CCCCC(Cl)CCC(=O)N(CC)CC. The molecule has 0 radical (unpaired) electrons. The molecule has 0 N–H and O–H groups in total. The van der Waals surface area contributed by atoms with Crippen molar-refractivity contribution in [3.05, 3.63) is 0 Å². The molecule has 1 unspecified atom stereocenters. The highest BCUT2D eigenvalue weighted by molar-refractivity contribution is 6.20. The Morgan fingerprint density at radius 1 is 1.20 bits per heavy atom. The second-order valence-electron chi connectivity index (χ2n) is 3.84. The Balaban J connectivity index is 3.69. The summed E-state index contributed by atoms with van der Waals surface area (Å²) in [7, 11) is 0. The zero-order chi connectivity index (χ0) is 11.7. The molecule has 0 fully saturated rings. The van der Waals surface area contributed by atoms with Crippen molar-refractivity contribution in [2.24, 2.45) is 0 Å². The molecule has 0 bridgehead atoms. The molecule has 2 nitrogen and oxygen atoms in total. The number of halogens is 1. The first-order valence-corrected chi connectivity index (χ1v) is 6.51. The van der Waals surface area contributed by atoms with Crippen LogP contribution in [0.3, 0.4) is 0 Å². The summed E-state index contributed by atoms with van der Waals surface area (Å²) in [4.78, 5) is 13.5. The fourth-order valence-electron chi connectivity index (χ4n) is 1.58. The quantitative estimate of drug-likeness (QED) is 0.589. The van der Waals surface area contributed by atoms with E-state index in [2.05, 4.69) is 6.92 Å². The van der Waals surface area contributed by atoms with E-state index in [9.17, 15) is 4.79 Å². The molecule has 0 rings (SSSR count). The number of carbonyl (C=O) groups is 1. The third kappa shape index (κ3) is 6.77. The molecule has 0 aliphatic heterocycles. The molecule has 0 saturated heterocycles. The summed E-state index contributed by atoms with van der Waals surface area (Å²) in [6.07, 6.45) is 4.78. The smallest absolute Gasteiger partial charge is 0.222 e. The van der Waals surface area contributed by atoms with Gasteiger partial charge in [0.05, 0.1) is 0 Å². The van der Waals surface area contributed by atoms with Crippen molar-refractivity contribution in [1.82, 2.24) is 4.90 Å². The number of alkyl halides is 1. The molecule has 0 aliphatic carbocycles. The second-order valence-corrected chi connectivity index (χ2v) is 4.46. The number of rotatable bonds is 8. The molecular weight excluding hydrogens is 210 g/mol. The third-order valence-corrected chi connectivity index (χ3v) is 3.09. The lowest BCUT2D eigenvalue weighted by Gasteiger charge is -2.19. The van der Waals surface area contributed by atoms with Crippen LogP contribution in [0.25, 0.3) is 0 Å². The van der Waals surface area contributed by atoms with Crippen LogP contribution >= 0.6 is 11.6 Å². The molecule has 15 heavy (non-hydrogen) atoms. The van der Waals surface area contributed by atoms with Gasteiger partial charge < -0.3 is 4.90 Å². The molecule has 0 heterocycles. The van der Waals surface area contributed by atoms with E-state index in [1.165, 1.54) is 6.42 Å². The van der Waals surface area contributed by atoms with Crippen LogP contribution in [0.15, 0.2) is 0 Å². The van der Waals surface area contributed by atoms with Crippen LogP contribution in [0.5, 0.6) is 0 Å². The van der Waals surface area contributed by atoms with E-state index in [1.54, 1.807) is 0 Å². The van der Waals surface area contributed by atoms with E-state index in [4.69, 9.17) is 11.6 Å². The molecule has 3 heteroatoms. The summed E-state index contributed by atoms with van der Waals surface area (Å²) in [5.74, 6) is 0.238. The van der Waals surface area contributed by atoms with Crippen molar-refractivity contribution >= 4 is 17.5 Å². The summed E-state index contributed by atoms with van der Waals surface area (Å²) < 4.78 is 0. The van der Waals surface area contributed by atoms with E-state index in [0.717, 1.165) is 32.4 Å². The molecule has 90 valence electrons. The number of nitrogens with zero attached hydrogens (tertiary/aromatic N) is 1. The van der Waals surface area contributed by atoms with Crippen LogP contribution in [-0.2, 0) is 4.79 Å². The first-order valence-electron chi connectivity index (χ1n) is 6.07. The maximum absolute atomic E-state index is 11.7. The summed E-state index contributed by atoms with van der Waals surface area (Å²) in [6.45, 7) is 7.78. The van der Waals surface area contributed by atoms with Gasteiger partial charge in [-0.15, -0.1) is 11.6 Å². The van der Waals surface area contributed by atoms with E-state index >= 15 is 0 Å². The topological polar surface area (TPSA) is 20.3 Å². The summed E-state index contributed by atoms with van der Waals surface area (Å²) in [6, 6.07) is 0. The maximum Gasteiger partial charge on any atom is 0.222 e. The zero-order valence-corrected chi connectivity index (χ0v) is 11.0. The van der Waals surface area contributed by atoms with E-state index in [-0.39, 0.29) is 11.3 Å². The van der Waals surface area contributed by atoms with Gasteiger partial charge >= 0.3 is 0 Å².